The molecule has 0 radical (unpaired) electrons. The van der Waals surface area contributed by atoms with Crippen LogP contribution in [-0.2, 0) is 9.53 Å². The number of benzene rings is 1. The fourth-order valence-electron chi connectivity index (χ4n) is 4.02. The zero-order valence-electron chi connectivity index (χ0n) is 18.1. The molecule has 166 valence electrons. The molecule has 8 nitrogen and oxygen atoms in total. The van der Waals surface area contributed by atoms with Gasteiger partial charge in [0.05, 0.1) is 13.2 Å². The molecule has 2 aliphatic rings. The van der Waals surface area contributed by atoms with Crippen molar-refractivity contribution in [1.29, 1.82) is 0 Å². The number of piperidine rings is 1. The number of hydrogen-bond donors (Lipinski definition) is 0. The molecule has 1 aromatic carbocycles. The van der Waals surface area contributed by atoms with E-state index in [4.69, 9.17) is 13.9 Å². The Balaban J connectivity index is 1.30. The van der Waals surface area contributed by atoms with E-state index in [9.17, 15) is 9.59 Å². The number of likely N-dealkylation sites (tertiary alicyclic amines) is 1. The lowest BCUT2D eigenvalue weighted by Crippen LogP contribution is -2.41. The number of aromatic nitrogens is 1. The van der Waals surface area contributed by atoms with Gasteiger partial charge in [0.1, 0.15) is 11.5 Å². The number of amides is 2. The van der Waals surface area contributed by atoms with E-state index in [0.717, 1.165) is 18.4 Å². The number of morpholine rings is 1. The van der Waals surface area contributed by atoms with E-state index in [-0.39, 0.29) is 24.3 Å². The van der Waals surface area contributed by atoms with Gasteiger partial charge in [-0.3, -0.25) is 9.59 Å². The van der Waals surface area contributed by atoms with Crippen LogP contribution >= 0.6 is 0 Å². The molecule has 2 aliphatic heterocycles. The second kappa shape index (κ2) is 9.51. The van der Waals surface area contributed by atoms with Crippen molar-refractivity contribution in [3.8, 4) is 5.75 Å². The molecule has 0 unspecified atom stereocenters. The first-order valence-electron chi connectivity index (χ1n) is 10.8. The van der Waals surface area contributed by atoms with E-state index in [2.05, 4.69) is 4.98 Å². The molecular weight excluding hydrogens is 398 g/mol. The van der Waals surface area contributed by atoms with Gasteiger partial charge in [0.25, 0.3) is 11.8 Å². The Kier molecular flexibility index (Phi) is 6.56. The van der Waals surface area contributed by atoms with E-state index in [1.807, 2.05) is 36.1 Å². The molecule has 4 rings (SSSR count). The third-order valence-corrected chi connectivity index (χ3v) is 5.86. The smallest absolute Gasteiger partial charge is 0.276 e. The zero-order chi connectivity index (χ0) is 21.8. The van der Waals surface area contributed by atoms with Crippen molar-refractivity contribution in [2.24, 2.45) is 0 Å². The van der Waals surface area contributed by atoms with E-state index >= 15 is 0 Å². The van der Waals surface area contributed by atoms with Crippen LogP contribution in [0.4, 0.5) is 0 Å². The Morgan fingerprint density at radius 3 is 2.55 bits per heavy atom. The highest BCUT2D eigenvalue weighted by Crippen LogP contribution is 2.29. The summed E-state index contributed by atoms with van der Waals surface area (Å²) >= 11 is 0. The highest BCUT2D eigenvalue weighted by molar-refractivity contribution is 5.93. The summed E-state index contributed by atoms with van der Waals surface area (Å²) in [6.07, 6.45) is 1.50. The van der Waals surface area contributed by atoms with Gasteiger partial charge < -0.3 is 23.7 Å². The van der Waals surface area contributed by atoms with Gasteiger partial charge in [-0.05, 0) is 44.4 Å². The number of nitrogens with zero attached hydrogens (tertiary/aromatic N) is 3. The van der Waals surface area contributed by atoms with Gasteiger partial charge in [-0.1, -0.05) is 12.1 Å². The molecule has 2 fully saturated rings. The van der Waals surface area contributed by atoms with Gasteiger partial charge >= 0.3 is 0 Å². The largest absolute Gasteiger partial charge is 0.484 e. The lowest BCUT2D eigenvalue weighted by Gasteiger charge is -2.30. The van der Waals surface area contributed by atoms with Gasteiger partial charge in [-0.15, -0.1) is 0 Å². The van der Waals surface area contributed by atoms with Crippen molar-refractivity contribution >= 4 is 11.8 Å². The maximum absolute atomic E-state index is 12.7. The number of ether oxygens (including phenoxy) is 2. The van der Waals surface area contributed by atoms with Gasteiger partial charge in [0.15, 0.2) is 18.2 Å². The van der Waals surface area contributed by atoms with Crippen molar-refractivity contribution in [2.75, 3.05) is 46.0 Å². The van der Waals surface area contributed by atoms with Crippen molar-refractivity contribution in [2.45, 2.75) is 32.6 Å². The van der Waals surface area contributed by atoms with Crippen molar-refractivity contribution < 1.29 is 23.5 Å². The lowest BCUT2D eigenvalue weighted by atomic mass is 9.97. The Morgan fingerprint density at radius 1 is 1.10 bits per heavy atom. The molecule has 2 saturated heterocycles. The summed E-state index contributed by atoms with van der Waals surface area (Å²) in [6, 6.07) is 7.67. The van der Waals surface area contributed by atoms with Crippen LogP contribution in [0.1, 0.15) is 46.5 Å². The molecule has 0 N–H and O–H groups in total. The summed E-state index contributed by atoms with van der Waals surface area (Å²) < 4.78 is 16.8. The molecule has 31 heavy (non-hydrogen) atoms. The van der Waals surface area contributed by atoms with Crippen LogP contribution in [0, 0.1) is 13.8 Å². The standard InChI is InChI=1S/C23H29N3O5/c1-16-4-3-5-19(14-16)30-15-20(27)25-8-6-18(7-9-25)22-24-21(17(2)31-22)23(28)26-10-12-29-13-11-26/h3-5,14,18H,6-13,15H2,1-2H3. The quantitative estimate of drug-likeness (QED) is 0.729. The maximum atomic E-state index is 12.7. The van der Waals surface area contributed by atoms with Crippen LogP contribution in [0.3, 0.4) is 0 Å². The van der Waals surface area contributed by atoms with Crippen molar-refractivity contribution in [3.63, 3.8) is 0 Å². The van der Waals surface area contributed by atoms with Crippen molar-refractivity contribution in [3.05, 3.63) is 47.2 Å². The second-order valence-electron chi connectivity index (χ2n) is 8.12. The Bertz CT molecular complexity index is 927. The molecule has 0 atom stereocenters. The van der Waals surface area contributed by atoms with Crippen LogP contribution in [0.5, 0.6) is 5.75 Å². The number of oxazole rings is 1. The molecule has 0 bridgehead atoms. The SMILES string of the molecule is Cc1cccc(OCC(=O)N2CCC(c3nc(C(=O)N4CCOCC4)c(C)o3)CC2)c1. The van der Waals surface area contributed by atoms with E-state index < -0.39 is 0 Å². The van der Waals surface area contributed by atoms with Gasteiger partial charge in [0, 0.05) is 32.1 Å². The first kappa shape index (κ1) is 21.4. The molecular formula is C23H29N3O5. The summed E-state index contributed by atoms with van der Waals surface area (Å²) in [5, 5.41) is 0. The normalized spacial score (nSPS) is 17.6. The number of hydrogen-bond acceptors (Lipinski definition) is 6. The average molecular weight is 428 g/mol. The summed E-state index contributed by atoms with van der Waals surface area (Å²) in [4.78, 5) is 33.4. The zero-order valence-corrected chi connectivity index (χ0v) is 18.1. The minimum absolute atomic E-state index is 0.0216. The van der Waals surface area contributed by atoms with E-state index in [1.54, 1.807) is 11.8 Å². The number of aryl methyl sites for hydroxylation is 2. The highest BCUT2D eigenvalue weighted by Gasteiger charge is 2.30. The third-order valence-electron chi connectivity index (χ3n) is 5.86. The third kappa shape index (κ3) is 5.07. The molecule has 0 aliphatic carbocycles. The van der Waals surface area contributed by atoms with E-state index in [0.29, 0.717) is 62.5 Å². The Hall–Kier alpha value is -2.87. The minimum Gasteiger partial charge on any atom is -0.484 e. The monoisotopic (exact) mass is 427 g/mol. The fourth-order valence-corrected chi connectivity index (χ4v) is 4.02. The fraction of sp³-hybridized carbons (Fsp3) is 0.522. The maximum Gasteiger partial charge on any atom is 0.276 e. The first-order valence-corrected chi connectivity index (χ1v) is 10.8. The molecule has 2 amide bonds. The Labute approximate surface area is 182 Å². The van der Waals surface area contributed by atoms with Crippen LogP contribution in [0.15, 0.2) is 28.7 Å². The molecule has 0 saturated carbocycles. The molecule has 8 heteroatoms. The predicted molar refractivity (Wildman–Crippen MR) is 113 cm³/mol. The molecule has 1 aromatic heterocycles. The molecule has 3 heterocycles. The summed E-state index contributed by atoms with van der Waals surface area (Å²) in [6.45, 7) is 7.30. The number of carbonyl (C=O) groups excluding carboxylic acids is 2. The van der Waals surface area contributed by atoms with Crippen LogP contribution in [0.25, 0.3) is 0 Å². The average Bonchev–Trinajstić information content (AvgIpc) is 3.19. The Morgan fingerprint density at radius 2 is 1.84 bits per heavy atom. The summed E-state index contributed by atoms with van der Waals surface area (Å²) in [5.74, 6) is 1.83. The van der Waals surface area contributed by atoms with Gasteiger partial charge in [-0.25, -0.2) is 4.98 Å². The van der Waals surface area contributed by atoms with E-state index in [1.165, 1.54) is 0 Å². The topological polar surface area (TPSA) is 85.1 Å². The van der Waals surface area contributed by atoms with Crippen LogP contribution < -0.4 is 4.74 Å². The van der Waals surface area contributed by atoms with Gasteiger partial charge in [-0.2, -0.15) is 0 Å². The predicted octanol–water partition coefficient (Wildman–Crippen LogP) is 2.55. The molecule has 0 spiro atoms. The summed E-state index contributed by atoms with van der Waals surface area (Å²) in [5.41, 5.74) is 1.49. The highest BCUT2D eigenvalue weighted by atomic mass is 16.5. The molecule has 2 aromatic rings. The minimum atomic E-state index is -0.100. The number of rotatable bonds is 5. The van der Waals surface area contributed by atoms with Crippen LogP contribution in [-0.4, -0.2) is 72.6 Å². The first-order chi connectivity index (χ1) is 15.0. The number of carbonyl (C=O) groups is 2. The van der Waals surface area contributed by atoms with Crippen LogP contribution in [0.2, 0.25) is 0 Å². The van der Waals surface area contributed by atoms with Gasteiger partial charge in [0.2, 0.25) is 0 Å². The second-order valence-corrected chi connectivity index (χ2v) is 8.12. The summed E-state index contributed by atoms with van der Waals surface area (Å²) in [7, 11) is 0. The van der Waals surface area contributed by atoms with Crippen molar-refractivity contribution in [1.82, 2.24) is 14.8 Å². The lowest BCUT2D eigenvalue weighted by molar-refractivity contribution is -0.134.